The standard InChI is InChI=1S/C28H34N6O7S/c29-19(12-16-13-31-20-4-2-1-3-18(16)20)25(37)34-23(14-42)27(39)33-22(11-15-5-7-17(35)8-6-15)26(38)32-21(28(40)41)9-10-24(30)36/h1-8,13,19,21-23,31,35,42H,9-12,14,29H2,(H2,30,36)(H,32,38)(H,33,39)(H,34,37)(H,40,41). The maximum atomic E-state index is 13.2. The van der Waals surface area contributed by atoms with Crippen LogP contribution in [0.1, 0.15) is 24.0 Å². The number of phenolic OH excluding ortho intramolecular Hbond substituents is 1. The molecule has 1 aromatic heterocycles. The number of carboxylic acids is 1. The Kier molecular flexibility index (Phi) is 11.3. The molecule has 0 saturated heterocycles. The highest BCUT2D eigenvalue weighted by molar-refractivity contribution is 7.80. The van der Waals surface area contributed by atoms with E-state index in [2.05, 4.69) is 33.6 Å². The molecule has 224 valence electrons. The molecule has 0 aliphatic heterocycles. The lowest BCUT2D eigenvalue weighted by molar-refractivity contribution is -0.142. The zero-order valence-corrected chi connectivity index (χ0v) is 23.5. The van der Waals surface area contributed by atoms with Crippen molar-refractivity contribution in [1.29, 1.82) is 0 Å². The number of aromatic nitrogens is 1. The second-order valence-corrected chi connectivity index (χ2v) is 10.1. The number of H-pyrrole nitrogens is 1. The second-order valence-electron chi connectivity index (χ2n) is 9.75. The first-order valence-corrected chi connectivity index (χ1v) is 13.7. The van der Waals surface area contributed by atoms with Crippen molar-refractivity contribution >= 4 is 53.1 Å². The number of amides is 4. The molecule has 0 aliphatic rings. The molecule has 4 atom stereocenters. The fourth-order valence-corrected chi connectivity index (χ4v) is 4.53. The number of aromatic hydroxyl groups is 1. The van der Waals surface area contributed by atoms with Gasteiger partial charge in [-0.15, -0.1) is 0 Å². The Balaban J connectivity index is 1.71. The largest absolute Gasteiger partial charge is 0.508 e. The maximum absolute atomic E-state index is 13.2. The van der Waals surface area contributed by atoms with Crippen molar-refractivity contribution in [3.05, 3.63) is 65.9 Å². The summed E-state index contributed by atoms with van der Waals surface area (Å²) in [6, 6.07) is 8.52. The van der Waals surface area contributed by atoms with Crippen molar-refractivity contribution in [2.45, 2.75) is 49.9 Å². The Morgan fingerprint density at radius 2 is 1.48 bits per heavy atom. The van der Waals surface area contributed by atoms with Gasteiger partial charge in [0.1, 0.15) is 23.9 Å². The number of benzene rings is 2. The molecule has 0 aliphatic carbocycles. The lowest BCUT2D eigenvalue weighted by atomic mass is 10.0. The predicted molar refractivity (Wildman–Crippen MR) is 157 cm³/mol. The van der Waals surface area contributed by atoms with Gasteiger partial charge in [-0.05, 0) is 42.2 Å². The first-order valence-electron chi connectivity index (χ1n) is 13.1. The monoisotopic (exact) mass is 598 g/mol. The van der Waals surface area contributed by atoms with Gasteiger partial charge in [0.2, 0.25) is 23.6 Å². The van der Waals surface area contributed by atoms with Crippen LogP contribution in [0.15, 0.2) is 54.7 Å². The van der Waals surface area contributed by atoms with Crippen LogP contribution in [-0.2, 0) is 36.8 Å². The first-order chi connectivity index (χ1) is 20.0. The molecule has 14 heteroatoms. The van der Waals surface area contributed by atoms with Crippen LogP contribution >= 0.6 is 12.6 Å². The van der Waals surface area contributed by atoms with Crippen molar-refractivity contribution in [1.82, 2.24) is 20.9 Å². The van der Waals surface area contributed by atoms with Gasteiger partial charge >= 0.3 is 5.97 Å². The van der Waals surface area contributed by atoms with Crippen LogP contribution in [0.4, 0.5) is 0 Å². The zero-order valence-electron chi connectivity index (χ0n) is 22.6. The van der Waals surface area contributed by atoms with Gasteiger partial charge in [0.25, 0.3) is 0 Å². The molecule has 0 bridgehead atoms. The molecule has 10 N–H and O–H groups in total. The Bertz CT molecular complexity index is 1430. The van der Waals surface area contributed by atoms with Crippen molar-refractivity contribution in [3.8, 4) is 5.75 Å². The summed E-state index contributed by atoms with van der Waals surface area (Å²) in [5.41, 5.74) is 13.5. The first kappa shape index (κ1) is 32.0. The normalized spacial score (nSPS) is 13.9. The number of aromatic amines is 1. The number of carbonyl (C=O) groups excluding carboxylic acids is 4. The van der Waals surface area contributed by atoms with E-state index >= 15 is 0 Å². The molecule has 3 rings (SSSR count). The summed E-state index contributed by atoms with van der Waals surface area (Å²) in [5.74, 6) is -4.45. The number of fused-ring (bicyclic) bond motifs is 1. The summed E-state index contributed by atoms with van der Waals surface area (Å²) >= 11 is 4.18. The molecule has 2 aromatic carbocycles. The van der Waals surface area contributed by atoms with Crippen molar-refractivity contribution in [2.75, 3.05) is 5.75 Å². The number of primary amides is 1. The Morgan fingerprint density at radius 3 is 2.12 bits per heavy atom. The van der Waals surface area contributed by atoms with Crippen molar-refractivity contribution in [3.63, 3.8) is 0 Å². The molecular formula is C28H34N6O7S. The van der Waals surface area contributed by atoms with Crippen LogP contribution in [0, 0.1) is 0 Å². The zero-order chi connectivity index (χ0) is 30.8. The van der Waals surface area contributed by atoms with Gasteiger partial charge in [-0.25, -0.2) is 4.79 Å². The molecule has 0 radical (unpaired) electrons. The molecule has 0 saturated carbocycles. The molecule has 4 amide bonds. The number of nitrogens with one attached hydrogen (secondary N) is 4. The van der Waals surface area contributed by atoms with E-state index in [0.717, 1.165) is 16.5 Å². The average molecular weight is 599 g/mol. The van der Waals surface area contributed by atoms with Gasteiger partial charge in [-0.2, -0.15) is 12.6 Å². The van der Waals surface area contributed by atoms with E-state index in [-0.39, 0.29) is 37.2 Å². The quantitative estimate of drug-likeness (QED) is 0.105. The van der Waals surface area contributed by atoms with Gasteiger partial charge in [-0.1, -0.05) is 30.3 Å². The Hall–Kier alpha value is -4.56. The third-order valence-corrected chi connectivity index (χ3v) is 6.94. The topological polar surface area (TPSA) is 230 Å². The Labute approximate surface area is 246 Å². The average Bonchev–Trinajstić information content (AvgIpc) is 3.36. The van der Waals surface area contributed by atoms with Crippen LogP contribution < -0.4 is 27.4 Å². The van der Waals surface area contributed by atoms with E-state index in [0.29, 0.717) is 5.56 Å². The summed E-state index contributed by atoms with van der Waals surface area (Å²) in [6.07, 6.45) is 1.36. The van der Waals surface area contributed by atoms with E-state index in [4.69, 9.17) is 11.5 Å². The van der Waals surface area contributed by atoms with Gasteiger partial charge in [0.15, 0.2) is 0 Å². The second kappa shape index (κ2) is 14.9. The minimum absolute atomic E-state index is 0.0111. The highest BCUT2D eigenvalue weighted by Crippen LogP contribution is 2.19. The van der Waals surface area contributed by atoms with E-state index < -0.39 is 53.8 Å². The van der Waals surface area contributed by atoms with Gasteiger partial charge in [-0.3, -0.25) is 19.2 Å². The summed E-state index contributed by atoms with van der Waals surface area (Å²) in [4.78, 5) is 65.2. The molecule has 4 unspecified atom stereocenters. The number of aliphatic carboxylic acids is 1. The molecule has 0 spiro atoms. The molecule has 42 heavy (non-hydrogen) atoms. The Morgan fingerprint density at radius 1 is 0.857 bits per heavy atom. The number of thiol groups is 1. The minimum atomic E-state index is -1.44. The van der Waals surface area contributed by atoms with Gasteiger partial charge < -0.3 is 42.6 Å². The summed E-state index contributed by atoms with van der Waals surface area (Å²) in [7, 11) is 0. The third-order valence-electron chi connectivity index (χ3n) is 6.57. The summed E-state index contributed by atoms with van der Waals surface area (Å²) in [6.45, 7) is 0. The van der Waals surface area contributed by atoms with Crippen LogP contribution in [0.5, 0.6) is 5.75 Å². The van der Waals surface area contributed by atoms with Crippen LogP contribution in [0.2, 0.25) is 0 Å². The van der Waals surface area contributed by atoms with Crippen LogP contribution in [-0.4, -0.2) is 74.7 Å². The summed E-state index contributed by atoms with van der Waals surface area (Å²) in [5, 5.41) is 27.4. The summed E-state index contributed by atoms with van der Waals surface area (Å²) < 4.78 is 0. The third kappa shape index (κ3) is 8.97. The van der Waals surface area contributed by atoms with E-state index in [1.807, 2.05) is 24.3 Å². The lowest BCUT2D eigenvalue weighted by Crippen LogP contribution is -2.58. The van der Waals surface area contributed by atoms with E-state index in [1.165, 1.54) is 24.3 Å². The SMILES string of the molecule is NC(=O)CCC(NC(=O)C(Cc1ccc(O)cc1)NC(=O)C(CS)NC(=O)C(N)Cc1c[nH]c2ccccc12)C(=O)O. The van der Waals surface area contributed by atoms with Crippen molar-refractivity contribution < 1.29 is 34.2 Å². The lowest BCUT2D eigenvalue weighted by Gasteiger charge is -2.24. The number of hydrogen-bond acceptors (Lipinski definition) is 8. The van der Waals surface area contributed by atoms with Gasteiger partial charge in [0.05, 0.1) is 6.04 Å². The minimum Gasteiger partial charge on any atom is -0.508 e. The number of nitrogens with two attached hydrogens (primary N) is 2. The fraction of sp³-hybridized carbons (Fsp3) is 0.321. The smallest absolute Gasteiger partial charge is 0.326 e. The van der Waals surface area contributed by atoms with Crippen LogP contribution in [0.25, 0.3) is 10.9 Å². The van der Waals surface area contributed by atoms with Gasteiger partial charge in [0, 0.05) is 35.7 Å². The van der Waals surface area contributed by atoms with Crippen LogP contribution in [0.3, 0.4) is 0 Å². The molecule has 1 heterocycles. The number of para-hydroxylation sites is 1. The number of carboxylic acid groups (broad SMARTS) is 1. The number of carbonyl (C=O) groups is 5. The number of phenols is 1. The van der Waals surface area contributed by atoms with Crippen molar-refractivity contribution in [2.24, 2.45) is 11.5 Å². The number of hydrogen-bond donors (Lipinski definition) is 9. The predicted octanol–water partition coefficient (Wildman–Crippen LogP) is -0.280. The van der Waals surface area contributed by atoms with E-state index in [9.17, 15) is 34.2 Å². The molecule has 13 nitrogen and oxygen atoms in total. The molecule has 3 aromatic rings. The molecular weight excluding hydrogens is 564 g/mol. The van der Waals surface area contributed by atoms with E-state index in [1.54, 1.807) is 6.20 Å². The highest BCUT2D eigenvalue weighted by atomic mass is 32.1. The molecule has 0 fully saturated rings. The number of rotatable bonds is 15. The highest BCUT2D eigenvalue weighted by Gasteiger charge is 2.30. The maximum Gasteiger partial charge on any atom is 0.326 e. The fourth-order valence-electron chi connectivity index (χ4n) is 4.27.